The van der Waals surface area contributed by atoms with Crippen molar-refractivity contribution in [1.82, 2.24) is 19.8 Å². The summed E-state index contributed by atoms with van der Waals surface area (Å²) >= 11 is 1.28. The molecule has 1 aromatic heterocycles. The van der Waals surface area contributed by atoms with E-state index in [0.29, 0.717) is 16.8 Å². The number of sulfonamides is 1. The third-order valence-corrected chi connectivity index (χ3v) is 7.93. The van der Waals surface area contributed by atoms with Gasteiger partial charge in [0, 0.05) is 44.6 Å². The highest BCUT2D eigenvalue weighted by Crippen LogP contribution is 2.24. The Balaban J connectivity index is 0.00000392. The van der Waals surface area contributed by atoms with Crippen molar-refractivity contribution in [3.8, 4) is 0 Å². The number of nitrogens with one attached hydrogen (secondary N) is 2. The fraction of sp³-hybridized carbons (Fsp3) is 0.722. The topological polar surface area (TPSA) is 77.0 Å². The number of piperidine rings is 1. The quantitative estimate of drug-likeness (QED) is 0.300. The molecule has 28 heavy (non-hydrogen) atoms. The zero-order chi connectivity index (χ0) is 19.9. The average Bonchev–Trinajstić information content (AvgIpc) is 3.11. The second-order valence-electron chi connectivity index (χ2n) is 6.96. The van der Waals surface area contributed by atoms with Gasteiger partial charge in [0.1, 0.15) is 4.21 Å². The van der Waals surface area contributed by atoms with Gasteiger partial charge in [-0.05, 0) is 44.9 Å². The molecule has 1 aliphatic heterocycles. The van der Waals surface area contributed by atoms with Crippen LogP contribution in [0.5, 0.6) is 0 Å². The highest BCUT2D eigenvalue weighted by Gasteiger charge is 2.20. The molecule has 162 valence electrons. The summed E-state index contributed by atoms with van der Waals surface area (Å²) in [7, 11) is -0.275. The summed E-state index contributed by atoms with van der Waals surface area (Å²) in [6.45, 7) is 8.97. The van der Waals surface area contributed by atoms with Gasteiger partial charge in [0.25, 0.3) is 10.0 Å². The highest BCUT2D eigenvalue weighted by atomic mass is 127. The van der Waals surface area contributed by atoms with Gasteiger partial charge in [-0.3, -0.25) is 0 Å². The Labute approximate surface area is 191 Å². The monoisotopic (exact) mass is 543 g/mol. The molecule has 2 N–H and O–H groups in total. The first kappa shape index (κ1) is 25.6. The molecule has 0 aliphatic carbocycles. The van der Waals surface area contributed by atoms with Gasteiger partial charge in [0.05, 0.1) is 6.54 Å². The molecule has 0 unspecified atom stereocenters. The van der Waals surface area contributed by atoms with Gasteiger partial charge in [0.2, 0.25) is 0 Å². The van der Waals surface area contributed by atoms with E-state index in [2.05, 4.69) is 27.4 Å². The molecular weight excluding hydrogens is 509 g/mol. The highest BCUT2D eigenvalue weighted by molar-refractivity contribution is 14.0. The van der Waals surface area contributed by atoms with Crippen LogP contribution in [0.2, 0.25) is 0 Å². The van der Waals surface area contributed by atoms with E-state index in [1.807, 2.05) is 13.0 Å². The SMILES string of the molecule is CCCN1CCC(NC(=NCc2ccc(S(=O)(=O)N(C)C)s2)NCC)CC1.I. The van der Waals surface area contributed by atoms with E-state index >= 15 is 0 Å². The minimum atomic E-state index is -3.37. The van der Waals surface area contributed by atoms with E-state index in [1.54, 1.807) is 20.2 Å². The summed E-state index contributed by atoms with van der Waals surface area (Å²) in [6, 6.07) is 3.94. The average molecular weight is 544 g/mol. The van der Waals surface area contributed by atoms with Crippen LogP contribution in [-0.2, 0) is 16.6 Å². The zero-order valence-electron chi connectivity index (χ0n) is 17.3. The van der Waals surface area contributed by atoms with Crippen LogP contribution in [0.3, 0.4) is 0 Å². The van der Waals surface area contributed by atoms with E-state index in [1.165, 1.54) is 28.6 Å². The Morgan fingerprint density at radius 2 is 1.96 bits per heavy atom. The Morgan fingerprint density at radius 3 is 2.54 bits per heavy atom. The van der Waals surface area contributed by atoms with Crippen molar-refractivity contribution < 1.29 is 8.42 Å². The van der Waals surface area contributed by atoms with Crippen molar-refractivity contribution in [3.05, 3.63) is 17.0 Å². The molecule has 0 aromatic carbocycles. The van der Waals surface area contributed by atoms with Crippen molar-refractivity contribution in [1.29, 1.82) is 0 Å². The first-order chi connectivity index (χ1) is 12.9. The lowest BCUT2D eigenvalue weighted by atomic mass is 10.1. The molecule has 2 rings (SSSR count). The molecule has 7 nitrogen and oxygen atoms in total. The maximum atomic E-state index is 12.2. The maximum absolute atomic E-state index is 12.2. The summed E-state index contributed by atoms with van der Waals surface area (Å²) in [5, 5.41) is 6.83. The van der Waals surface area contributed by atoms with E-state index in [9.17, 15) is 8.42 Å². The van der Waals surface area contributed by atoms with Crippen molar-refractivity contribution in [2.75, 3.05) is 40.3 Å². The summed E-state index contributed by atoms with van der Waals surface area (Å²) in [4.78, 5) is 8.11. The molecule has 10 heteroatoms. The van der Waals surface area contributed by atoms with Crippen LogP contribution < -0.4 is 10.6 Å². The molecule has 1 saturated heterocycles. The second-order valence-corrected chi connectivity index (χ2v) is 10.5. The Morgan fingerprint density at radius 1 is 1.29 bits per heavy atom. The van der Waals surface area contributed by atoms with Gasteiger partial charge in [-0.2, -0.15) is 0 Å². The van der Waals surface area contributed by atoms with Crippen molar-refractivity contribution >= 4 is 51.3 Å². The molecule has 1 aliphatic rings. The van der Waals surface area contributed by atoms with Gasteiger partial charge in [-0.25, -0.2) is 17.7 Å². The second kappa shape index (κ2) is 12.3. The van der Waals surface area contributed by atoms with Crippen LogP contribution >= 0.6 is 35.3 Å². The molecular formula is C18H34IN5O2S2. The minimum absolute atomic E-state index is 0. The molecule has 0 amide bonds. The van der Waals surface area contributed by atoms with Gasteiger partial charge < -0.3 is 15.5 Å². The zero-order valence-corrected chi connectivity index (χ0v) is 21.2. The van der Waals surface area contributed by atoms with Crippen LogP contribution in [-0.4, -0.2) is 69.9 Å². The van der Waals surface area contributed by atoms with Crippen molar-refractivity contribution in [3.63, 3.8) is 0 Å². The Kier molecular flexibility index (Phi) is 11.3. The van der Waals surface area contributed by atoms with Gasteiger partial charge in [-0.15, -0.1) is 35.3 Å². The van der Waals surface area contributed by atoms with E-state index < -0.39 is 10.0 Å². The number of guanidine groups is 1. The summed E-state index contributed by atoms with van der Waals surface area (Å²) in [5.41, 5.74) is 0. The first-order valence-electron chi connectivity index (χ1n) is 9.65. The summed E-state index contributed by atoms with van der Waals surface area (Å²) < 4.78 is 26.0. The molecule has 0 saturated carbocycles. The van der Waals surface area contributed by atoms with Crippen LogP contribution in [0.1, 0.15) is 38.0 Å². The lowest BCUT2D eigenvalue weighted by Crippen LogP contribution is -2.48. The van der Waals surface area contributed by atoms with Crippen LogP contribution in [0, 0.1) is 0 Å². The van der Waals surface area contributed by atoms with Gasteiger partial charge in [-0.1, -0.05) is 6.92 Å². The smallest absolute Gasteiger partial charge is 0.252 e. The molecule has 0 radical (unpaired) electrons. The van der Waals surface area contributed by atoms with E-state index in [4.69, 9.17) is 0 Å². The summed E-state index contributed by atoms with van der Waals surface area (Å²) in [5.74, 6) is 0.803. The minimum Gasteiger partial charge on any atom is -0.357 e. The van der Waals surface area contributed by atoms with Crippen LogP contribution in [0.15, 0.2) is 21.3 Å². The number of nitrogens with zero attached hydrogens (tertiary/aromatic N) is 3. The van der Waals surface area contributed by atoms with Gasteiger partial charge >= 0.3 is 0 Å². The number of halogens is 1. The predicted octanol–water partition coefficient (Wildman–Crippen LogP) is 2.55. The number of likely N-dealkylation sites (tertiary alicyclic amines) is 1. The Hall–Kier alpha value is -0.430. The molecule has 1 fully saturated rings. The normalized spacial score (nSPS) is 16.8. The summed E-state index contributed by atoms with van der Waals surface area (Å²) in [6.07, 6.45) is 3.44. The number of thiophene rings is 1. The molecule has 1 aromatic rings. The number of hydrogen-bond acceptors (Lipinski definition) is 5. The lowest BCUT2D eigenvalue weighted by molar-refractivity contribution is 0.206. The molecule has 2 heterocycles. The van der Waals surface area contributed by atoms with Crippen molar-refractivity contribution in [2.45, 2.75) is 49.9 Å². The number of aliphatic imine (C=N–C) groups is 1. The lowest BCUT2D eigenvalue weighted by Gasteiger charge is -2.32. The van der Waals surface area contributed by atoms with E-state index in [-0.39, 0.29) is 24.0 Å². The number of rotatable bonds is 8. The van der Waals surface area contributed by atoms with E-state index in [0.717, 1.165) is 43.3 Å². The van der Waals surface area contributed by atoms with Crippen LogP contribution in [0.4, 0.5) is 0 Å². The number of hydrogen-bond donors (Lipinski definition) is 2. The third-order valence-electron chi connectivity index (χ3n) is 4.58. The fourth-order valence-corrected chi connectivity index (χ4v) is 5.50. The maximum Gasteiger partial charge on any atom is 0.252 e. The molecule has 0 spiro atoms. The third kappa shape index (κ3) is 7.43. The van der Waals surface area contributed by atoms with Crippen LogP contribution in [0.25, 0.3) is 0 Å². The standard InChI is InChI=1S/C18H33N5O2S2.HI/c1-5-11-23-12-9-15(10-13-23)21-18(19-6-2)20-14-16-7-8-17(26-16)27(24,25)22(3)4;/h7-8,15H,5-6,9-14H2,1-4H3,(H2,19,20,21);1H. The fourth-order valence-electron chi connectivity index (χ4n) is 3.05. The predicted molar refractivity (Wildman–Crippen MR) is 128 cm³/mol. The Bertz CT molecular complexity index is 713. The van der Waals surface area contributed by atoms with Crippen molar-refractivity contribution in [2.24, 2.45) is 4.99 Å². The largest absolute Gasteiger partial charge is 0.357 e. The van der Waals surface area contributed by atoms with Gasteiger partial charge in [0.15, 0.2) is 5.96 Å². The first-order valence-corrected chi connectivity index (χ1v) is 11.9. The molecule has 0 atom stereocenters. The molecule has 0 bridgehead atoms.